The van der Waals surface area contributed by atoms with Crippen LogP contribution in [0.2, 0.25) is 0 Å². The summed E-state index contributed by atoms with van der Waals surface area (Å²) >= 11 is 0. The Kier molecular flexibility index (Phi) is 3.87. The van der Waals surface area contributed by atoms with E-state index in [1.54, 1.807) is 6.08 Å². The summed E-state index contributed by atoms with van der Waals surface area (Å²) in [6, 6.07) is 5.66. The number of amides is 1. The van der Waals surface area contributed by atoms with E-state index >= 15 is 0 Å². The van der Waals surface area contributed by atoms with Gasteiger partial charge in [0.05, 0.1) is 6.04 Å². The first-order valence-electron chi connectivity index (χ1n) is 6.03. The lowest BCUT2D eigenvalue weighted by molar-refractivity contribution is -0.117. The summed E-state index contributed by atoms with van der Waals surface area (Å²) in [4.78, 5) is 11.5. The number of benzene rings is 1. The monoisotopic (exact) mass is 247 g/mol. The number of carbonyl (C=O) groups is 1. The number of allylic oxidation sites excluding steroid dienone is 1. The maximum atomic E-state index is 11.5. The summed E-state index contributed by atoms with van der Waals surface area (Å²) in [5, 5.41) is 2.88. The lowest BCUT2D eigenvalue weighted by Gasteiger charge is -2.20. The highest BCUT2D eigenvalue weighted by Gasteiger charge is 2.14. The van der Waals surface area contributed by atoms with Gasteiger partial charge in [-0.05, 0) is 37.6 Å². The van der Waals surface area contributed by atoms with Crippen LogP contribution in [0.15, 0.2) is 30.4 Å². The Bertz CT molecular complexity index is 468. The second-order valence-corrected chi connectivity index (χ2v) is 4.13. The second kappa shape index (κ2) is 5.58. The first-order valence-corrected chi connectivity index (χ1v) is 6.03. The first-order chi connectivity index (χ1) is 8.70. The average Bonchev–Trinajstić information content (AvgIpc) is 2.38. The highest BCUT2D eigenvalue weighted by Crippen LogP contribution is 2.32. The van der Waals surface area contributed by atoms with E-state index in [0.29, 0.717) is 13.2 Å². The van der Waals surface area contributed by atoms with Crippen molar-refractivity contribution in [1.29, 1.82) is 0 Å². The van der Waals surface area contributed by atoms with E-state index < -0.39 is 0 Å². The van der Waals surface area contributed by atoms with Gasteiger partial charge in [-0.15, -0.1) is 0 Å². The van der Waals surface area contributed by atoms with Crippen molar-refractivity contribution in [3.8, 4) is 11.5 Å². The van der Waals surface area contributed by atoms with E-state index in [1.807, 2.05) is 32.0 Å². The number of rotatable bonds is 3. The Labute approximate surface area is 107 Å². The fourth-order valence-corrected chi connectivity index (χ4v) is 1.83. The quantitative estimate of drug-likeness (QED) is 0.833. The third-order valence-electron chi connectivity index (χ3n) is 2.74. The Morgan fingerprint density at radius 2 is 2.06 bits per heavy atom. The van der Waals surface area contributed by atoms with Crippen molar-refractivity contribution in [2.24, 2.45) is 0 Å². The fourth-order valence-electron chi connectivity index (χ4n) is 1.83. The first kappa shape index (κ1) is 12.5. The summed E-state index contributed by atoms with van der Waals surface area (Å²) < 4.78 is 11.0. The van der Waals surface area contributed by atoms with Crippen molar-refractivity contribution >= 4 is 5.91 Å². The smallest absolute Gasteiger partial charge is 0.244 e. The van der Waals surface area contributed by atoms with Crippen molar-refractivity contribution < 1.29 is 14.3 Å². The van der Waals surface area contributed by atoms with Crippen molar-refractivity contribution in [2.45, 2.75) is 19.9 Å². The molecule has 1 atom stereocenters. The van der Waals surface area contributed by atoms with Crippen molar-refractivity contribution in [3.05, 3.63) is 35.9 Å². The van der Waals surface area contributed by atoms with Crippen LogP contribution < -0.4 is 14.8 Å². The second-order valence-electron chi connectivity index (χ2n) is 4.13. The molecule has 18 heavy (non-hydrogen) atoms. The number of hydrogen-bond acceptors (Lipinski definition) is 3. The van der Waals surface area contributed by atoms with Crippen LogP contribution in [0, 0.1) is 0 Å². The van der Waals surface area contributed by atoms with Gasteiger partial charge in [-0.2, -0.15) is 0 Å². The summed E-state index contributed by atoms with van der Waals surface area (Å²) in [6.45, 7) is 4.90. The predicted octanol–water partition coefficient (Wildman–Crippen LogP) is 2.21. The van der Waals surface area contributed by atoms with Gasteiger partial charge in [-0.1, -0.05) is 12.1 Å². The summed E-state index contributed by atoms with van der Waals surface area (Å²) in [7, 11) is 0. The molecule has 0 spiro atoms. The molecule has 1 unspecified atom stereocenters. The molecule has 1 N–H and O–H groups in total. The lowest BCUT2D eigenvalue weighted by atomic mass is 10.1. The van der Waals surface area contributed by atoms with E-state index in [-0.39, 0.29) is 11.9 Å². The van der Waals surface area contributed by atoms with Crippen LogP contribution in [0.25, 0.3) is 0 Å². The molecule has 0 bridgehead atoms. The highest BCUT2D eigenvalue weighted by molar-refractivity contribution is 5.87. The van der Waals surface area contributed by atoms with Crippen LogP contribution in [0.1, 0.15) is 25.5 Å². The predicted molar refractivity (Wildman–Crippen MR) is 68.8 cm³/mol. The minimum absolute atomic E-state index is 0.0653. The van der Waals surface area contributed by atoms with Gasteiger partial charge in [-0.3, -0.25) is 4.79 Å². The van der Waals surface area contributed by atoms with E-state index in [9.17, 15) is 4.79 Å². The normalized spacial score (nSPS) is 15.4. The van der Waals surface area contributed by atoms with Gasteiger partial charge in [0.2, 0.25) is 5.91 Å². The molecule has 96 valence electrons. The maximum absolute atomic E-state index is 11.5. The summed E-state index contributed by atoms with van der Waals surface area (Å²) in [5.74, 6) is 1.41. The third kappa shape index (κ3) is 2.83. The van der Waals surface area contributed by atoms with E-state index in [4.69, 9.17) is 9.47 Å². The Balaban J connectivity index is 2.10. The zero-order valence-corrected chi connectivity index (χ0v) is 10.6. The Morgan fingerprint density at radius 1 is 1.33 bits per heavy atom. The minimum Gasteiger partial charge on any atom is -0.486 e. The molecule has 0 saturated heterocycles. The number of nitrogens with one attached hydrogen (secondary N) is 1. The molecule has 0 aromatic heterocycles. The molecule has 1 heterocycles. The molecule has 1 aliphatic rings. The van der Waals surface area contributed by atoms with Crippen LogP contribution in [0.5, 0.6) is 11.5 Å². The summed E-state index contributed by atoms with van der Waals surface area (Å²) in [6.07, 6.45) is 3.22. The molecule has 1 amide bonds. The molecule has 0 fully saturated rings. The van der Waals surface area contributed by atoms with Crippen LogP contribution in [0.4, 0.5) is 0 Å². The SMILES string of the molecule is CC=CC(=O)NC(C)c1ccc2c(c1)OCCO2. The molecular weight excluding hydrogens is 230 g/mol. The van der Waals surface area contributed by atoms with Gasteiger partial charge in [-0.25, -0.2) is 0 Å². The molecule has 1 aromatic carbocycles. The van der Waals surface area contributed by atoms with Crippen LogP contribution in [0.3, 0.4) is 0 Å². The van der Waals surface area contributed by atoms with Gasteiger partial charge < -0.3 is 14.8 Å². The third-order valence-corrected chi connectivity index (χ3v) is 2.74. The average molecular weight is 247 g/mol. The highest BCUT2D eigenvalue weighted by atomic mass is 16.6. The summed E-state index contributed by atoms with van der Waals surface area (Å²) in [5.41, 5.74) is 0.997. The van der Waals surface area contributed by atoms with Crippen LogP contribution >= 0.6 is 0 Å². The fraction of sp³-hybridized carbons (Fsp3) is 0.357. The van der Waals surface area contributed by atoms with E-state index in [2.05, 4.69) is 5.32 Å². The molecule has 1 aromatic rings. The van der Waals surface area contributed by atoms with Gasteiger partial charge >= 0.3 is 0 Å². The maximum Gasteiger partial charge on any atom is 0.244 e. The van der Waals surface area contributed by atoms with Crippen LogP contribution in [-0.4, -0.2) is 19.1 Å². The lowest BCUT2D eigenvalue weighted by Crippen LogP contribution is -2.25. The van der Waals surface area contributed by atoms with Gasteiger partial charge in [0, 0.05) is 0 Å². The molecular formula is C14H17NO3. The number of ether oxygens (including phenoxy) is 2. The standard InChI is InChI=1S/C14H17NO3/c1-3-4-14(16)15-10(2)11-5-6-12-13(9-11)18-8-7-17-12/h3-6,9-10H,7-8H2,1-2H3,(H,15,16). The topological polar surface area (TPSA) is 47.6 Å². The van der Waals surface area contributed by atoms with E-state index in [1.165, 1.54) is 6.08 Å². The van der Waals surface area contributed by atoms with Gasteiger partial charge in [0.15, 0.2) is 11.5 Å². The van der Waals surface area contributed by atoms with Crippen molar-refractivity contribution in [2.75, 3.05) is 13.2 Å². The molecule has 4 heteroatoms. The molecule has 1 aliphatic heterocycles. The van der Waals surface area contributed by atoms with Crippen molar-refractivity contribution in [3.63, 3.8) is 0 Å². The number of carbonyl (C=O) groups excluding carboxylic acids is 1. The minimum atomic E-state index is -0.0973. The Hall–Kier alpha value is -1.97. The molecule has 0 saturated carbocycles. The Morgan fingerprint density at radius 3 is 2.78 bits per heavy atom. The molecule has 0 aliphatic carbocycles. The zero-order chi connectivity index (χ0) is 13.0. The van der Waals surface area contributed by atoms with Gasteiger partial charge in [0.1, 0.15) is 13.2 Å². The molecule has 4 nitrogen and oxygen atoms in total. The molecule has 2 rings (SSSR count). The van der Waals surface area contributed by atoms with Crippen molar-refractivity contribution in [1.82, 2.24) is 5.32 Å². The largest absolute Gasteiger partial charge is 0.486 e. The van der Waals surface area contributed by atoms with Crippen LogP contribution in [-0.2, 0) is 4.79 Å². The van der Waals surface area contributed by atoms with E-state index in [0.717, 1.165) is 17.1 Å². The number of fused-ring (bicyclic) bond motifs is 1. The molecule has 0 radical (unpaired) electrons. The zero-order valence-electron chi connectivity index (χ0n) is 10.6. The number of hydrogen-bond donors (Lipinski definition) is 1. The van der Waals surface area contributed by atoms with Gasteiger partial charge in [0.25, 0.3) is 0 Å².